The molecule has 0 radical (unpaired) electrons. The normalized spacial score (nSPS) is 11.3. The second-order valence-corrected chi connectivity index (χ2v) is 6.50. The van der Waals surface area contributed by atoms with Crippen LogP contribution in [0.2, 0.25) is 0 Å². The molecule has 0 aliphatic rings. The molecule has 0 fully saturated rings. The SMILES string of the molecule is C=C(C)CNC(=O)/C(C)=C/c1cc(F)cc(-c2ccc(C)cc2)c1C. The molecule has 1 N–H and O–H groups in total. The molecule has 25 heavy (non-hydrogen) atoms. The fourth-order valence-electron chi connectivity index (χ4n) is 2.55. The van der Waals surface area contributed by atoms with Crippen molar-refractivity contribution in [1.29, 1.82) is 0 Å². The summed E-state index contributed by atoms with van der Waals surface area (Å²) >= 11 is 0. The van der Waals surface area contributed by atoms with Crippen molar-refractivity contribution in [2.24, 2.45) is 0 Å². The first-order valence-corrected chi connectivity index (χ1v) is 8.26. The van der Waals surface area contributed by atoms with Crippen LogP contribution < -0.4 is 5.32 Å². The second kappa shape index (κ2) is 7.93. The van der Waals surface area contributed by atoms with E-state index < -0.39 is 0 Å². The van der Waals surface area contributed by atoms with Gasteiger partial charge in [-0.1, -0.05) is 42.0 Å². The average Bonchev–Trinajstić information content (AvgIpc) is 2.56. The van der Waals surface area contributed by atoms with E-state index in [0.29, 0.717) is 17.7 Å². The van der Waals surface area contributed by atoms with E-state index in [2.05, 4.69) is 11.9 Å². The molecule has 3 heteroatoms. The van der Waals surface area contributed by atoms with Gasteiger partial charge >= 0.3 is 0 Å². The number of amides is 1. The Hall–Kier alpha value is -2.68. The molecular weight excluding hydrogens is 313 g/mol. The summed E-state index contributed by atoms with van der Waals surface area (Å²) in [6.07, 6.45) is 1.73. The smallest absolute Gasteiger partial charge is 0.247 e. The van der Waals surface area contributed by atoms with Gasteiger partial charge < -0.3 is 5.32 Å². The molecule has 0 saturated heterocycles. The lowest BCUT2D eigenvalue weighted by Gasteiger charge is -2.12. The third kappa shape index (κ3) is 4.90. The number of carbonyl (C=O) groups excluding carboxylic acids is 1. The molecule has 0 heterocycles. The van der Waals surface area contributed by atoms with E-state index in [4.69, 9.17) is 0 Å². The first-order chi connectivity index (χ1) is 11.8. The van der Waals surface area contributed by atoms with Gasteiger partial charge in [0, 0.05) is 12.1 Å². The molecule has 1 amide bonds. The van der Waals surface area contributed by atoms with E-state index in [1.807, 2.05) is 45.0 Å². The van der Waals surface area contributed by atoms with Gasteiger partial charge in [-0.25, -0.2) is 4.39 Å². The van der Waals surface area contributed by atoms with Crippen LogP contribution in [0.25, 0.3) is 17.2 Å². The van der Waals surface area contributed by atoms with Crippen LogP contribution in [0.1, 0.15) is 30.5 Å². The molecule has 0 aliphatic carbocycles. The van der Waals surface area contributed by atoms with Crippen LogP contribution in [0.15, 0.2) is 54.1 Å². The number of rotatable bonds is 5. The van der Waals surface area contributed by atoms with Crippen LogP contribution >= 0.6 is 0 Å². The van der Waals surface area contributed by atoms with Crippen molar-refractivity contribution in [2.75, 3.05) is 6.54 Å². The fourth-order valence-corrected chi connectivity index (χ4v) is 2.55. The van der Waals surface area contributed by atoms with E-state index in [0.717, 1.165) is 27.8 Å². The number of carbonyl (C=O) groups is 1. The number of hydrogen-bond acceptors (Lipinski definition) is 1. The highest BCUT2D eigenvalue weighted by Crippen LogP contribution is 2.28. The van der Waals surface area contributed by atoms with Crippen LogP contribution in [0.3, 0.4) is 0 Å². The number of benzene rings is 2. The van der Waals surface area contributed by atoms with Crippen molar-refractivity contribution in [3.8, 4) is 11.1 Å². The molecule has 2 aromatic carbocycles. The van der Waals surface area contributed by atoms with Crippen molar-refractivity contribution >= 4 is 12.0 Å². The van der Waals surface area contributed by atoms with E-state index in [-0.39, 0.29) is 11.7 Å². The van der Waals surface area contributed by atoms with E-state index in [1.54, 1.807) is 13.0 Å². The average molecular weight is 337 g/mol. The summed E-state index contributed by atoms with van der Waals surface area (Å²) in [6.45, 7) is 11.7. The quantitative estimate of drug-likeness (QED) is 0.589. The number of halogens is 1. The second-order valence-electron chi connectivity index (χ2n) is 6.50. The predicted octanol–water partition coefficient (Wildman–Crippen LogP) is 5.21. The van der Waals surface area contributed by atoms with E-state index >= 15 is 0 Å². The standard InChI is InChI=1S/C22H24FNO/c1-14(2)13-24-22(25)16(4)10-19-11-20(23)12-21(17(19)5)18-8-6-15(3)7-9-18/h6-12H,1,13H2,2-5H3,(H,24,25)/b16-10+. The lowest BCUT2D eigenvalue weighted by atomic mass is 9.94. The van der Waals surface area contributed by atoms with Crippen LogP contribution in [-0.4, -0.2) is 12.5 Å². The van der Waals surface area contributed by atoms with Gasteiger partial charge in [0.15, 0.2) is 0 Å². The Balaban J connectivity index is 2.38. The summed E-state index contributed by atoms with van der Waals surface area (Å²) in [4.78, 5) is 12.1. The van der Waals surface area contributed by atoms with Gasteiger partial charge in [0.25, 0.3) is 0 Å². The molecule has 0 unspecified atom stereocenters. The molecule has 0 aliphatic heterocycles. The van der Waals surface area contributed by atoms with Gasteiger partial charge in [-0.05, 0) is 68.2 Å². The number of hydrogen-bond donors (Lipinski definition) is 1. The van der Waals surface area contributed by atoms with E-state index in [9.17, 15) is 9.18 Å². The van der Waals surface area contributed by atoms with Gasteiger partial charge in [0.1, 0.15) is 5.82 Å². The number of aryl methyl sites for hydroxylation is 1. The van der Waals surface area contributed by atoms with Gasteiger partial charge in [-0.15, -0.1) is 0 Å². The van der Waals surface area contributed by atoms with Gasteiger partial charge in [-0.2, -0.15) is 0 Å². The van der Waals surface area contributed by atoms with Crippen molar-refractivity contribution in [2.45, 2.75) is 27.7 Å². The maximum absolute atomic E-state index is 14.1. The topological polar surface area (TPSA) is 29.1 Å². The number of nitrogens with one attached hydrogen (secondary N) is 1. The minimum Gasteiger partial charge on any atom is -0.349 e. The summed E-state index contributed by atoms with van der Waals surface area (Å²) < 4.78 is 14.1. The first kappa shape index (κ1) is 18.7. The Morgan fingerprint density at radius 1 is 1.16 bits per heavy atom. The molecule has 0 aromatic heterocycles. The Labute approximate surface area is 149 Å². The van der Waals surface area contributed by atoms with Crippen LogP contribution in [0.5, 0.6) is 0 Å². The summed E-state index contributed by atoms with van der Waals surface area (Å²) in [5.41, 5.74) is 6.01. The van der Waals surface area contributed by atoms with Crippen LogP contribution in [0, 0.1) is 19.7 Å². The van der Waals surface area contributed by atoms with Crippen molar-refractivity contribution < 1.29 is 9.18 Å². The molecule has 2 rings (SSSR count). The van der Waals surface area contributed by atoms with Gasteiger partial charge in [0.2, 0.25) is 5.91 Å². The lowest BCUT2D eigenvalue weighted by Crippen LogP contribution is -2.25. The minimum atomic E-state index is -0.317. The molecule has 0 spiro atoms. The highest BCUT2D eigenvalue weighted by Gasteiger charge is 2.10. The van der Waals surface area contributed by atoms with Gasteiger partial charge in [-0.3, -0.25) is 4.79 Å². The zero-order chi connectivity index (χ0) is 18.6. The molecule has 2 nitrogen and oxygen atoms in total. The van der Waals surface area contributed by atoms with Crippen LogP contribution in [0.4, 0.5) is 4.39 Å². The maximum Gasteiger partial charge on any atom is 0.247 e. The summed E-state index contributed by atoms with van der Waals surface area (Å²) in [6, 6.07) is 11.0. The zero-order valence-corrected chi connectivity index (χ0v) is 15.2. The molecule has 130 valence electrons. The fraction of sp³-hybridized carbons (Fsp3) is 0.227. The summed E-state index contributed by atoms with van der Waals surface area (Å²) in [5, 5.41) is 2.79. The van der Waals surface area contributed by atoms with Crippen molar-refractivity contribution in [3.05, 3.63) is 76.6 Å². The summed E-state index contributed by atoms with van der Waals surface area (Å²) in [5.74, 6) is -0.494. The Morgan fingerprint density at radius 3 is 2.40 bits per heavy atom. The Morgan fingerprint density at radius 2 is 1.80 bits per heavy atom. The first-order valence-electron chi connectivity index (χ1n) is 8.26. The predicted molar refractivity (Wildman–Crippen MR) is 103 cm³/mol. The van der Waals surface area contributed by atoms with Crippen LogP contribution in [-0.2, 0) is 4.79 Å². The molecular formula is C22H24FNO. The molecule has 2 aromatic rings. The van der Waals surface area contributed by atoms with Crippen molar-refractivity contribution in [1.82, 2.24) is 5.32 Å². The third-order valence-electron chi connectivity index (χ3n) is 4.06. The van der Waals surface area contributed by atoms with Crippen molar-refractivity contribution in [3.63, 3.8) is 0 Å². The highest BCUT2D eigenvalue weighted by atomic mass is 19.1. The molecule has 0 saturated carbocycles. The Kier molecular flexibility index (Phi) is 5.92. The Bertz CT molecular complexity index is 832. The highest BCUT2D eigenvalue weighted by molar-refractivity contribution is 5.97. The van der Waals surface area contributed by atoms with E-state index in [1.165, 1.54) is 12.1 Å². The lowest BCUT2D eigenvalue weighted by molar-refractivity contribution is -0.117. The molecule has 0 bridgehead atoms. The largest absolute Gasteiger partial charge is 0.349 e. The monoisotopic (exact) mass is 337 g/mol. The molecule has 0 atom stereocenters. The zero-order valence-electron chi connectivity index (χ0n) is 15.2. The summed E-state index contributed by atoms with van der Waals surface area (Å²) in [7, 11) is 0. The third-order valence-corrected chi connectivity index (χ3v) is 4.06. The maximum atomic E-state index is 14.1. The minimum absolute atomic E-state index is 0.177. The van der Waals surface area contributed by atoms with Gasteiger partial charge in [0.05, 0.1) is 0 Å².